The molecule has 1 unspecified atom stereocenters. The highest BCUT2D eigenvalue weighted by Gasteiger charge is 2.21. The van der Waals surface area contributed by atoms with E-state index in [2.05, 4.69) is 52.9 Å². The smallest absolute Gasteiger partial charge is 0.141 e. The molecule has 0 saturated carbocycles. The lowest BCUT2D eigenvalue weighted by molar-refractivity contribution is -0.117. The van der Waals surface area contributed by atoms with Gasteiger partial charge in [-0.1, -0.05) is 81.9 Å². The van der Waals surface area contributed by atoms with E-state index in [1.807, 2.05) is 54.6 Å². The van der Waals surface area contributed by atoms with Gasteiger partial charge in [-0.25, -0.2) is 0 Å². The van der Waals surface area contributed by atoms with Crippen molar-refractivity contribution in [1.82, 2.24) is 0 Å². The van der Waals surface area contributed by atoms with Crippen molar-refractivity contribution in [1.29, 1.82) is 0 Å². The number of aryl methyl sites for hydroxylation is 1. The molecule has 3 rings (SSSR count). The molecule has 0 radical (unpaired) electrons. The SMILES string of the molecule is CC(=O)C(c1ccc(Br)cc1)c1ccccc1CC#Cc1ccc(C)cc1. The first kappa shape index (κ1) is 19.1. The molecular formula is C25H21BrO. The van der Waals surface area contributed by atoms with Crippen molar-refractivity contribution in [3.63, 3.8) is 0 Å². The molecule has 2 heteroatoms. The highest BCUT2D eigenvalue weighted by molar-refractivity contribution is 9.10. The zero-order chi connectivity index (χ0) is 19.2. The predicted octanol–water partition coefficient (Wildman–Crippen LogP) is 6.07. The summed E-state index contributed by atoms with van der Waals surface area (Å²) < 4.78 is 1.01. The van der Waals surface area contributed by atoms with Crippen molar-refractivity contribution in [3.05, 3.63) is 105 Å². The summed E-state index contributed by atoms with van der Waals surface area (Å²) in [5, 5.41) is 0. The van der Waals surface area contributed by atoms with Gasteiger partial charge in [-0.15, -0.1) is 0 Å². The number of rotatable bonds is 4. The molecule has 0 aromatic heterocycles. The highest BCUT2D eigenvalue weighted by Crippen LogP contribution is 2.29. The van der Waals surface area contributed by atoms with Crippen LogP contribution < -0.4 is 0 Å². The van der Waals surface area contributed by atoms with Gasteiger partial charge in [0.1, 0.15) is 5.78 Å². The molecule has 27 heavy (non-hydrogen) atoms. The lowest BCUT2D eigenvalue weighted by Gasteiger charge is -2.18. The molecule has 0 amide bonds. The second-order valence-electron chi connectivity index (χ2n) is 6.64. The summed E-state index contributed by atoms with van der Waals surface area (Å²) in [6.45, 7) is 3.72. The van der Waals surface area contributed by atoms with E-state index in [9.17, 15) is 4.79 Å². The Balaban J connectivity index is 1.91. The molecule has 0 aliphatic carbocycles. The van der Waals surface area contributed by atoms with Crippen molar-refractivity contribution in [3.8, 4) is 11.8 Å². The summed E-state index contributed by atoms with van der Waals surface area (Å²) in [6.07, 6.45) is 0.615. The summed E-state index contributed by atoms with van der Waals surface area (Å²) in [6, 6.07) is 24.3. The standard InChI is InChI=1S/C25H21BrO/c1-18-10-12-20(13-11-18)6-5-8-21-7-3-4-9-24(21)25(19(2)27)22-14-16-23(26)17-15-22/h3-4,7,9-17,25H,8H2,1-2H3. The zero-order valence-electron chi connectivity index (χ0n) is 15.5. The first-order valence-corrected chi connectivity index (χ1v) is 9.73. The van der Waals surface area contributed by atoms with Gasteiger partial charge in [0.15, 0.2) is 0 Å². The summed E-state index contributed by atoms with van der Waals surface area (Å²) in [5.41, 5.74) is 5.37. The van der Waals surface area contributed by atoms with Crippen molar-refractivity contribution < 1.29 is 4.79 Å². The van der Waals surface area contributed by atoms with Crippen LogP contribution in [0.4, 0.5) is 0 Å². The second-order valence-corrected chi connectivity index (χ2v) is 7.55. The first-order valence-electron chi connectivity index (χ1n) is 8.94. The minimum absolute atomic E-state index is 0.135. The summed E-state index contributed by atoms with van der Waals surface area (Å²) in [5.74, 6) is 6.35. The normalized spacial score (nSPS) is 11.4. The van der Waals surface area contributed by atoms with Crippen molar-refractivity contribution in [2.45, 2.75) is 26.2 Å². The number of hydrogen-bond donors (Lipinski definition) is 0. The Hall–Kier alpha value is -2.63. The molecule has 0 bridgehead atoms. The maximum atomic E-state index is 12.5. The van der Waals surface area contributed by atoms with E-state index in [-0.39, 0.29) is 11.7 Å². The quantitative estimate of drug-likeness (QED) is 0.471. The van der Waals surface area contributed by atoms with Gasteiger partial charge in [-0.05, 0) is 54.8 Å². The lowest BCUT2D eigenvalue weighted by atomic mass is 9.85. The zero-order valence-corrected chi connectivity index (χ0v) is 17.1. The molecule has 0 heterocycles. The molecule has 0 spiro atoms. The molecule has 0 saturated heterocycles. The Bertz CT molecular complexity index is 989. The van der Waals surface area contributed by atoms with Crippen LogP contribution >= 0.6 is 15.9 Å². The van der Waals surface area contributed by atoms with Crippen LogP contribution in [0.2, 0.25) is 0 Å². The topological polar surface area (TPSA) is 17.1 Å². The van der Waals surface area contributed by atoms with Crippen LogP contribution in [-0.4, -0.2) is 5.78 Å². The fourth-order valence-electron chi connectivity index (χ4n) is 3.14. The third-order valence-electron chi connectivity index (χ3n) is 4.54. The van der Waals surface area contributed by atoms with Gasteiger partial charge < -0.3 is 0 Å². The number of hydrogen-bond acceptors (Lipinski definition) is 1. The molecule has 0 fully saturated rings. The highest BCUT2D eigenvalue weighted by atomic mass is 79.9. The third kappa shape index (κ3) is 4.96. The third-order valence-corrected chi connectivity index (χ3v) is 5.07. The molecular weight excluding hydrogens is 396 g/mol. The van der Waals surface area contributed by atoms with E-state index >= 15 is 0 Å². The molecule has 3 aromatic rings. The van der Waals surface area contributed by atoms with Crippen molar-refractivity contribution in [2.24, 2.45) is 0 Å². The maximum Gasteiger partial charge on any atom is 0.141 e. The second kappa shape index (κ2) is 8.84. The summed E-state index contributed by atoms with van der Waals surface area (Å²) in [7, 11) is 0. The molecule has 134 valence electrons. The summed E-state index contributed by atoms with van der Waals surface area (Å²) >= 11 is 3.46. The van der Waals surface area contributed by atoms with Gasteiger partial charge in [-0.2, -0.15) is 0 Å². The first-order chi connectivity index (χ1) is 13.0. The predicted molar refractivity (Wildman–Crippen MR) is 115 cm³/mol. The fraction of sp³-hybridized carbons (Fsp3) is 0.160. The van der Waals surface area contributed by atoms with Crippen molar-refractivity contribution in [2.75, 3.05) is 0 Å². The Labute approximate surface area is 169 Å². The van der Waals surface area contributed by atoms with Gasteiger partial charge in [0.05, 0.1) is 5.92 Å². The Morgan fingerprint density at radius 1 is 0.963 bits per heavy atom. The molecule has 0 aliphatic heterocycles. The Morgan fingerprint density at radius 2 is 1.63 bits per heavy atom. The van der Waals surface area contributed by atoms with E-state index in [1.54, 1.807) is 6.92 Å². The van der Waals surface area contributed by atoms with Gasteiger partial charge in [0.2, 0.25) is 0 Å². The molecule has 1 atom stereocenters. The van der Waals surface area contributed by atoms with E-state index < -0.39 is 0 Å². The summed E-state index contributed by atoms with van der Waals surface area (Å²) in [4.78, 5) is 12.5. The maximum absolute atomic E-state index is 12.5. The number of Topliss-reactive ketones (excluding diaryl/α,β-unsaturated/α-hetero) is 1. The van der Waals surface area contributed by atoms with Crippen molar-refractivity contribution >= 4 is 21.7 Å². The molecule has 0 N–H and O–H groups in total. The van der Waals surface area contributed by atoms with Crippen LogP contribution in [0.1, 0.15) is 40.7 Å². The van der Waals surface area contributed by atoms with Gasteiger partial charge in [0.25, 0.3) is 0 Å². The minimum Gasteiger partial charge on any atom is -0.299 e. The average molecular weight is 417 g/mol. The van der Waals surface area contributed by atoms with E-state index in [0.29, 0.717) is 6.42 Å². The van der Waals surface area contributed by atoms with Crippen LogP contribution in [0.15, 0.2) is 77.3 Å². The largest absolute Gasteiger partial charge is 0.299 e. The van der Waals surface area contributed by atoms with Crippen LogP contribution in [0.3, 0.4) is 0 Å². The molecule has 0 aliphatic rings. The number of carbonyl (C=O) groups excluding carboxylic acids is 1. The fourth-order valence-corrected chi connectivity index (χ4v) is 3.41. The van der Waals surface area contributed by atoms with Gasteiger partial charge >= 0.3 is 0 Å². The lowest BCUT2D eigenvalue weighted by Crippen LogP contribution is -2.12. The van der Waals surface area contributed by atoms with Crippen LogP contribution in [0, 0.1) is 18.8 Å². The number of ketones is 1. The Morgan fingerprint density at radius 3 is 2.30 bits per heavy atom. The number of benzene rings is 3. The number of carbonyl (C=O) groups is 1. The van der Waals surface area contributed by atoms with Gasteiger partial charge in [-0.3, -0.25) is 4.79 Å². The van der Waals surface area contributed by atoms with Crippen LogP contribution in [0.5, 0.6) is 0 Å². The minimum atomic E-state index is -0.268. The number of halogens is 1. The van der Waals surface area contributed by atoms with Crippen LogP contribution in [-0.2, 0) is 11.2 Å². The van der Waals surface area contributed by atoms with Crippen LogP contribution in [0.25, 0.3) is 0 Å². The van der Waals surface area contributed by atoms with E-state index in [4.69, 9.17) is 0 Å². The van der Waals surface area contributed by atoms with E-state index in [1.165, 1.54) is 5.56 Å². The molecule has 1 nitrogen and oxygen atoms in total. The monoisotopic (exact) mass is 416 g/mol. The van der Waals surface area contributed by atoms with Gasteiger partial charge in [0, 0.05) is 16.5 Å². The molecule has 3 aromatic carbocycles. The Kier molecular flexibility index (Phi) is 6.27. The average Bonchev–Trinajstić information content (AvgIpc) is 2.66. The van der Waals surface area contributed by atoms with E-state index in [0.717, 1.165) is 26.7 Å².